The van der Waals surface area contributed by atoms with Crippen molar-refractivity contribution in [1.29, 1.82) is 0 Å². The van der Waals surface area contributed by atoms with Gasteiger partial charge in [-0.05, 0) is 37.5 Å². The van der Waals surface area contributed by atoms with Gasteiger partial charge in [0.15, 0.2) is 5.69 Å². The monoisotopic (exact) mass is 569 g/mol. The molecule has 6 rings (SSSR count). The fourth-order valence-electron chi connectivity index (χ4n) is 5.60. The number of anilines is 1. The summed E-state index contributed by atoms with van der Waals surface area (Å²) in [5.41, 5.74) is 2.03. The zero-order chi connectivity index (χ0) is 29.1. The number of fused-ring (bicyclic) bond motifs is 1. The third-order valence-corrected chi connectivity index (χ3v) is 7.59. The van der Waals surface area contributed by atoms with Gasteiger partial charge in [-0.3, -0.25) is 0 Å². The maximum Gasteiger partial charge on any atom is 0.434 e. The fraction of sp³-hybridized carbons (Fsp3) is 0.448. The van der Waals surface area contributed by atoms with E-state index in [2.05, 4.69) is 33.7 Å². The van der Waals surface area contributed by atoms with Crippen molar-refractivity contribution in [1.82, 2.24) is 29.3 Å². The van der Waals surface area contributed by atoms with Crippen LogP contribution in [0.15, 0.2) is 36.8 Å². The molecule has 1 aromatic carbocycles. The number of hydrogen-bond donors (Lipinski definition) is 0. The van der Waals surface area contributed by atoms with E-state index in [1.165, 1.54) is 23.0 Å². The number of imidazole rings is 1. The Morgan fingerprint density at radius 2 is 1.88 bits per heavy atom. The van der Waals surface area contributed by atoms with E-state index in [0.29, 0.717) is 37.0 Å². The highest BCUT2D eigenvalue weighted by atomic mass is 19.4. The SMILES string of the molecule is CCn1cc(C(F)(F)F)nc1-c1ccc(CN2CC(C)(C)Cn3nc(-c4c(OC)ncnc4C4CC4)cc32)cc1F. The lowest BCUT2D eigenvalue weighted by molar-refractivity contribution is -0.140. The van der Waals surface area contributed by atoms with Crippen LogP contribution in [0.5, 0.6) is 5.88 Å². The summed E-state index contributed by atoms with van der Waals surface area (Å²) in [7, 11) is 1.59. The van der Waals surface area contributed by atoms with Crippen LogP contribution in [0.3, 0.4) is 0 Å². The molecule has 4 heterocycles. The average molecular weight is 570 g/mol. The lowest BCUT2D eigenvalue weighted by Crippen LogP contribution is -2.42. The van der Waals surface area contributed by atoms with Gasteiger partial charge in [0.1, 0.15) is 29.5 Å². The normalized spacial score (nSPS) is 16.6. The predicted octanol–water partition coefficient (Wildman–Crippen LogP) is 6.31. The number of nitrogens with zero attached hydrogens (tertiary/aromatic N) is 7. The van der Waals surface area contributed by atoms with Crippen LogP contribution in [0.25, 0.3) is 22.6 Å². The highest BCUT2D eigenvalue weighted by Gasteiger charge is 2.36. The molecule has 2 aliphatic rings. The molecule has 216 valence electrons. The first-order chi connectivity index (χ1) is 19.5. The van der Waals surface area contributed by atoms with Gasteiger partial charge in [0.25, 0.3) is 0 Å². The molecular weight excluding hydrogens is 538 g/mol. The summed E-state index contributed by atoms with van der Waals surface area (Å²) in [4.78, 5) is 14.7. The van der Waals surface area contributed by atoms with Gasteiger partial charge in [-0.1, -0.05) is 19.9 Å². The van der Waals surface area contributed by atoms with Crippen LogP contribution in [0.1, 0.15) is 56.5 Å². The topological polar surface area (TPSA) is 73.9 Å². The average Bonchev–Trinajstić information content (AvgIpc) is 3.52. The second-order valence-electron chi connectivity index (χ2n) is 11.5. The number of halogens is 4. The van der Waals surface area contributed by atoms with Gasteiger partial charge in [-0.2, -0.15) is 18.3 Å². The summed E-state index contributed by atoms with van der Waals surface area (Å²) in [5.74, 6) is 1.07. The number of aryl methyl sites for hydroxylation is 1. The van der Waals surface area contributed by atoms with Gasteiger partial charge in [-0.25, -0.2) is 24.0 Å². The maximum absolute atomic E-state index is 15.4. The third kappa shape index (κ3) is 5.15. The molecule has 0 radical (unpaired) electrons. The number of alkyl halides is 3. The summed E-state index contributed by atoms with van der Waals surface area (Å²) >= 11 is 0. The first-order valence-electron chi connectivity index (χ1n) is 13.6. The number of ether oxygens (including phenoxy) is 1. The number of benzene rings is 1. The summed E-state index contributed by atoms with van der Waals surface area (Å²) in [6, 6.07) is 6.62. The predicted molar refractivity (Wildman–Crippen MR) is 145 cm³/mol. The van der Waals surface area contributed by atoms with E-state index >= 15 is 4.39 Å². The molecule has 8 nitrogen and oxygen atoms in total. The molecule has 3 aromatic heterocycles. The van der Waals surface area contributed by atoms with Crippen molar-refractivity contribution in [3.05, 3.63) is 59.6 Å². The Balaban J connectivity index is 1.33. The Bertz CT molecular complexity index is 1600. The van der Waals surface area contributed by atoms with Gasteiger partial charge < -0.3 is 14.2 Å². The minimum atomic E-state index is -4.61. The van der Waals surface area contributed by atoms with Crippen molar-refractivity contribution in [2.45, 2.75) is 65.3 Å². The summed E-state index contributed by atoms with van der Waals surface area (Å²) in [6.45, 7) is 8.01. The minimum absolute atomic E-state index is 0.0289. The summed E-state index contributed by atoms with van der Waals surface area (Å²) < 4.78 is 64.0. The first kappa shape index (κ1) is 27.2. The Kier molecular flexibility index (Phi) is 6.54. The number of methoxy groups -OCH3 is 1. The molecule has 1 fully saturated rings. The molecule has 0 saturated heterocycles. The lowest BCUT2D eigenvalue weighted by atomic mass is 9.91. The van der Waals surface area contributed by atoms with Gasteiger partial charge >= 0.3 is 6.18 Å². The molecule has 12 heteroatoms. The molecule has 41 heavy (non-hydrogen) atoms. The number of rotatable bonds is 7. The van der Waals surface area contributed by atoms with Gasteiger partial charge in [0.2, 0.25) is 5.88 Å². The van der Waals surface area contributed by atoms with Crippen molar-refractivity contribution < 1.29 is 22.3 Å². The summed E-state index contributed by atoms with van der Waals surface area (Å²) in [6.07, 6.45) is -0.0339. The standard InChI is InChI=1S/C29H31F4N7O/c1-5-38-13-22(29(31,32)33)36-26(38)19-9-6-17(10-20(19)30)12-39-14-28(2,3)15-40-23(39)11-21(37-40)24-25(18-7-8-18)34-16-35-27(24)41-4/h6,9-11,13,16,18H,5,7-8,12,14-15H2,1-4H3. The Hall–Kier alpha value is -3.96. The smallest absolute Gasteiger partial charge is 0.434 e. The highest BCUT2D eigenvalue weighted by Crippen LogP contribution is 2.46. The third-order valence-electron chi connectivity index (χ3n) is 7.59. The van der Waals surface area contributed by atoms with Crippen LogP contribution in [0, 0.1) is 11.2 Å². The van der Waals surface area contributed by atoms with Crippen LogP contribution in [0.4, 0.5) is 23.4 Å². The van der Waals surface area contributed by atoms with Gasteiger partial charge in [0, 0.05) is 49.8 Å². The molecule has 0 N–H and O–H groups in total. The Morgan fingerprint density at radius 1 is 1.10 bits per heavy atom. The number of aromatic nitrogens is 6. The molecule has 1 saturated carbocycles. The number of hydrogen-bond acceptors (Lipinski definition) is 6. The minimum Gasteiger partial charge on any atom is -0.480 e. The molecule has 0 amide bonds. The quantitative estimate of drug-likeness (QED) is 0.243. The zero-order valence-corrected chi connectivity index (χ0v) is 23.3. The van der Waals surface area contributed by atoms with Crippen LogP contribution >= 0.6 is 0 Å². The fourth-order valence-corrected chi connectivity index (χ4v) is 5.60. The first-order valence-corrected chi connectivity index (χ1v) is 13.6. The van der Waals surface area contributed by atoms with Crippen LogP contribution in [-0.2, 0) is 25.8 Å². The molecule has 0 atom stereocenters. The van der Waals surface area contributed by atoms with Crippen LogP contribution < -0.4 is 9.64 Å². The van der Waals surface area contributed by atoms with Crippen LogP contribution in [0.2, 0.25) is 0 Å². The van der Waals surface area contributed by atoms with E-state index in [9.17, 15) is 13.2 Å². The molecule has 0 unspecified atom stereocenters. The van der Waals surface area contributed by atoms with E-state index in [0.717, 1.165) is 41.8 Å². The molecule has 0 bridgehead atoms. The van der Waals surface area contributed by atoms with Crippen LogP contribution in [-0.4, -0.2) is 43.0 Å². The Labute approximate surface area is 235 Å². The molecule has 4 aromatic rings. The summed E-state index contributed by atoms with van der Waals surface area (Å²) in [5, 5.41) is 4.94. The van der Waals surface area contributed by atoms with Gasteiger partial charge in [-0.15, -0.1) is 0 Å². The van der Waals surface area contributed by atoms with Crippen molar-refractivity contribution >= 4 is 5.82 Å². The van der Waals surface area contributed by atoms with E-state index in [1.807, 2.05) is 10.7 Å². The molecular formula is C29H31F4N7O. The van der Waals surface area contributed by atoms with Crippen molar-refractivity contribution in [2.75, 3.05) is 18.6 Å². The lowest BCUT2D eigenvalue weighted by Gasteiger charge is -2.39. The Morgan fingerprint density at radius 3 is 2.54 bits per heavy atom. The molecule has 1 aliphatic heterocycles. The van der Waals surface area contributed by atoms with Crippen molar-refractivity contribution in [2.24, 2.45) is 5.41 Å². The van der Waals surface area contributed by atoms with E-state index in [-0.39, 0.29) is 23.3 Å². The van der Waals surface area contributed by atoms with E-state index in [1.54, 1.807) is 20.1 Å². The molecule has 1 aliphatic carbocycles. The van der Waals surface area contributed by atoms with E-state index in [4.69, 9.17) is 9.84 Å². The highest BCUT2D eigenvalue weighted by molar-refractivity contribution is 5.72. The van der Waals surface area contributed by atoms with Crippen molar-refractivity contribution in [3.63, 3.8) is 0 Å². The zero-order valence-electron chi connectivity index (χ0n) is 23.3. The van der Waals surface area contributed by atoms with Crippen molar-refractivity contribution in [3.8, 4) is 28.5 Å². The second-order valence-corrected chi connectivity index (χ2v) is 11.5. The largest absolute Gasteiger partial charge is 0.480 e. The second kappa shape index (κ2) is 9.85. The van der Waals surface area contributed by atoms with E-state index < -0.39 is 17.7 Å². The molecule has 0 spiro atoms. The maximum atomic E-state index is 15.4. The van der Waals surface area contributed by atoms with Gasteiger partial charge in [0.05, 0.1) is 23.9 Å².